The first-order valence-electron chi connectivity index (χ1n) is 3.65. The van der Waals surface area contributed by atoms with E-state index < -0.39 is 0 Å². The van der Waals surface area contributed by atoms with Gasteiger partial charge in [-0.05, 0) is 19.3 Å². The van der Waals surface area contributed by atoms with Gasteiger partial charge >= 0.3 is 0 Å². The number of rotatable bonds is 1. The zero-order valence-corrected chi connectivity index (χ0v) is 6.22. The van der Waals surface area contributed by atoms with Crippen LogP contribution in [0.1, 0.15) is 19.3 Å². The van der Waals surface area contributed by atoms with Crippen molar-refractivity contribution in [3.63, 3.8) is 0 Å². The summed E-state index contributed by atoms with van der Waals surface area (Å²) in [4.78, 5) is 11.0. The van der Waals surface area contributed by atoms with Gasteiger partial charge in [0.25, 0.3) is 0 Å². The number of hydrogen-bond acceptors (Lipinski definition) is 2. The topological polar surface area (TPSA) is 38.3 Å². The van der Waals surface area contributed by atoms with Gasteiger partial charge in [0, 0.05) is 13.7 Å². The van der Waals surface area contributed by atoms with Crippen LogP contribution in [-0.4, -0.2) is 25.7 Å². The van der Waals surface area contributed by atoms with Crippen molar-refractivity contribution in [1.29, 1.82) is 0 Å². The predicted molar refractivity (Wildman–Crippen MR) is 37.7 cm³/mol. The Morgan fingerprint density at radius 3 is 3.10 bits per heavy atom. The molecule has 0 aromatic rings. The maximum atomic E-state index is 11.0. The Labute approximate surface area is 60.7 Å². The summed E-state index contributed by atoms with van der Waals surface area (Å²) in [5.74, 6) is 0.0417. The third-order valence-corrected chi connectivity index (χ3v) is 1.77. The van der Waals surface area contributed by atoms with Crippen molar-refractivity contribution in [3.05, 3.63) is 0 Å². The lowest BCUT2D eigenvalue weighted by molar-refractivity contribution is -0.130. The van der Waals surface area contributed by atoms with Crippen LogP contribution in [0.4, 0.5) is 0 Å². The molecular weight excluding hydrogens is 130 g/mol. The molecule has 0 spiro atoms. The standard InChI is InChI=1S/C7H13NO2/c1-10-6-4-2-3-5-8-7(6)9/h6H,2-5H2,1H3,(H,8,9)/t6-/m0/s1. The highest BCUT2D eigenvalue weighted by Crippen LogP contribution is 2.07. The maximum absolute atomic E-state index is 11.0. The number of methoxy groups -OCH3 is 1. The lowest BCUT2D eigenvalue weighted by Crippen LogP contribution is -2.33. The molecule has 0 aromatic heterocycles. The van der Waals surface area contributed by atoms with E-state index in [4.69, 9.17) is 4.74 Å². The lowest BCUT2D eigenvalue weighted by Gasteiger charge is -2.09. The zero-order valence-electron chi connectivity index (χ0n) is 6.22. The molecule has 1 saturated heterocycles. The Morgan fingerprint density at radius 1 is 1.60 bits per heavy atom. The van der Waals surface area contributed by atoms with E-state index in [1.807, 2.05) is 0 Å². The summed E-state index contributed by atoms with van der Waals surface area (Å²) in [5, 5.41) is 2.78. The number of amides is 1. The van der Waals surface area contributed by atoms with Crippen molar-refractivity contribution in [2.45, 2.75) is 25.4 Å². The first-order chi connectivity index (χ1) is 4.84. The fraction of sp³-hybridized carbons (Fsp3) is 0.857. The van der Waals surface area contributed by atoms with Gasteiger partial charge in [0.15, 0.2) is 0 Å². The van der Waals surface area contributed by atoms with Gasteiger partial charge in [0.1, 0.15) is 6.10 Å². The molecule has 1 N–H and O–H groups in total. The number of ether oxygens (including phenoxy) is 1. The monoisotopic (exact) mass is 143 g/mol. The van der Waals surface area contributed by atoms with Crippen LogP contribution < -0.4 is 5.32 Å². The van der Waals surface area contributed by atoms with E-state index in [1.54, 1.807) is 7.11 Å². The molecule has 1 aliphatic heterocycles. The van der Waals surface area contributed by atoms with E-state index in [0.717, 1.165) is 25.8 Å². The van der Waals surface area contributed by atoms with Crippen LogP contribution in [0.3, 0.4) is 0 Å². The third kappa shape index (κ3) is 1.70. The predicted octanol–water partition coefficient (Wildman–Crippen LogP) is 0.301. The Hall–Kier alpha value is -0.570. The number of carbonyl (C=O) groups is 1. The molecule has 0 unspecified atom stereocenters. The van der Waals surface area contributed by atoms with Gasteiger partial charge in [0.05, 0.1) is 0 Å². The van der Waals surface area contributed by atoms with Gasteiger partial charge in [-0.15, -0.1) is 0 Å². The Balaban J connectivity index is 2.43. The van der Waals surface area contributed by atoms with Gasteiger partial charge in [-0.1, -0.05) is 0 Å². The summed E-state index contributed by atoms with van der Waals surface area (Å²) >= 11 is 0. The summed E-state index contributed by atoms with van der Waals surface area (Å²) in [6, 6.07) is 0. The van der Waals surface area contributed by atoms with E-state index in [1.165, 1.54) is 0 Å². The maximum Gasteiger partial charge on any atom is 0.249 e. The van der Waals surface area contributed by atoms with Crippen molar-refractivity contribution in [1.82, 2.24) is 5.32 Å². The highest BCUT2D eigenvalue weighted by Gasteiger charge is 2.18. The van der Waals surface area contributed by atoms with Gasteiger partial charge in [0.2, 0.25) is 5.91 Å². The molecule has 10 heavy (non-hydrogen) atoms. The van der Waals surface area contributed by atoms with Crippen LogP contribution in [0.25, 0.3) is 0 Å². The summed E-state index contributed by atoms with van der Waals surface area (Å²) in [5.41, 5.74) is 0. The van der Waals surface area contributed by atoms with Gasteiger partial charge in [-0.2, -0.15) is 0 Å². The van der Waals surface area contributed by atoms with E-state index in [9.17, 15) is 4.79 Å². The summed E-state index contributed by atoms with van der Waals surface area (Å²) < 4.78 is 4.97. The molecule has 1 rings (SSSR count). The molecular formula is C7H13NO2. The molecule has 58 valence electrons. The summed E-state index contributed by atoms with van der Waals surface area (Å²) in [7, 11) is 1.58. The molecule has 3 heteroatoms. The van der Waals surface area contributed by atoms with Crippen LogP contribution in [0.2, 0.25) is 0 Å². The third-order valence-electron chi connectivity index (χ3n) is 1.77. The zero-order chi connectivity index (χ0) is 7.40. The fourth-order valence-electron chi connectivity index (χ4n) is 1.14. The molecule has 1 fully saturated rings. The summed E-state index contributed by atoms with van der Waals surface area (Å²) in [6.07, 6.45) is 2.81. The van der Waals surface area contributed by atoms with E-state index in [0.29, 0.717) is 0 Å². The minimum Gasteiger partial charge on any atom is -0.372 e. The van der Waals surface area contributed by atoms with Crippen LogP contribution >= 0.6 is 0 Å². The smallest absolute Gasteiger partial charge is 0.249 e. The first kappa shape index (κ1) is 7.54. The highest BCUT2D eigenvalue weighted by atomic mass is 16.5. The summed E-state index contributed by atoms with van der Waals surface area (Å²) in [6.45, 7) is 0.804. The van der Waals surface area contributed by atoms with Gasteiger partial charge in [-0.3, -0.25) is 4.79 Å². The second kappa shape index (κ2) is 3.56. The number of carbonyl (C=O) groups excluding carboxylic acids is 1. The van der Waals surface area contributed by atoms with Gasteiger partial charge < -0.3 is 10.1 Å². The molecule has 1 heterocycles. The molecule has 0 aromatic carbocycles. The van der Waals surface area contributed by atoms with Crippen molar-refractivity contribution in [3.8, 4) is 0 Å². The van der Waals surface area contributed by atoms with E-state index in [-0.39, 0.29) is 12.0 Å². The van der Waals surface area contributed by atoms with Gasteiger partial charge in [-0.25, -0.2) is 0 Å². The second-order valence-electron chi connectivity index (χ2n) is 2.51. The van der Waals surface area contributed by atoms with Crippen molar-refractivity contribution < 1.29 is 9.53 Å². The molecule has 1 aliphatic rings. The Morgan fingerprint density at radius 2 is 2.40 bits per heavy atom. The van der Waals surface area contributed by atoms with E-state index >= 15 is 0 Å². The van der Waals surface area contributed by atoms with Crippen molar-refractivity contribution in [2.24, 2.45) is 0 Å². The Bertz CT molecular complexity index is 125. The van der Waals surface area contributed by atoms with Crippen molar-refractivity contribution in [2.75, 3.05) is 13.7 Å². The van der Waals surface area contributed by atoms with Crippen LogP contribution in [-0.2, 0) is 9.53 Å². The van der Waals surface area contributed by atoms with Crippen LogP contribution in [0, 0.1) is 0 Å². The minimum absolute atomic E-state index is 0.0417. The first-order valence-corrected chi connectivity index (χ1v) is 3.65. The number of nitrogens with one attached hydrogen (secondary N) is 1. The molecule has 1 atom stereocenters. The fourth-order valence-corrected chi connectivity index (χ4v) is 1.14. The highest BCUT2D eigenvalue weighted by molar-refractivity contribution is 5.80. The van der Waals surface area contributed by atoms with Crippen LogP contribution in [0.15, 0.2) is 0 Å². The molecule has 3 nitrogen and oxygen atoms in total. The molecule has 0 bridgehead atoms. The Kier molecular flexibility index (Phi) is 2.68. The normalized spacial score (nSPS) is 27.3. The average Bonchev–Trinajstić information content (AvgIpc) is 2.13. The molecule has 0 aliphatic carbocycles. The SMILES string of the molecule is CO[C@H]1CCCCNC1=O. The van der Waals surface area contributed by atoms with Crippen molar-refractivity contribution >= 4 is 5.91 Å². The van der Waals surface area contributed by atoms with E-state index in [2.05, 4.69) is 5.32 Å². The minimum atomic E-state index is -0.206. The molecule has 1 amide bonds. The largest absolute Gasteiger partial charge is 0.372 e. The second-order valence-corrected chi connectivity index (χ2v) is 2.51. The quantitative estimate of drug-likeness (QED) is 0.573. The number of hydrogen-bond donors (Lipinski definition) is 1. The average molecular weight is 143 g/mol. The molecule has 0 radical (unpaired) electrons. The lowest BCUT2D eigenvalue weighted by atomic mass is 10.2. The van der Waals surface area contributed by atoms with Crippen LogP contribution in [0.5, 0.6) is 0 Å². The molecule has 0 saturated carbocycles.